The minimum absolute atomic E-state index is 0. The van der Waals surface area contributed by atoms with Gasteiger partial charge in [0.25, 0.3) is 0 Å². The fraction of sp³-hybridized carbons (Fsp3) is 0.950. The minimum atomic E-state index is 0. The summed E-state index contributed by atoms with van der Waals surface area (Å²) in [7, 11) is 2.38. The maximum Gasteiger partial charge on any atom is 0.320 e. The first-order chi connectivity index (χ1) is 11.6. The number of rotatable bonds is 11. The predicted octanol–water partition coefficient (Wildman–Crippen LogP) is 1.36. The Hall–Kier alpha value is -0.290. The van der Waals surface area contributed by atoms with Crippen LogP contribution in [0.2, 0.25) is 0 Å². The van der Waals surface area contributed by atoms with Gasteiger partial charge in [-0.2, -0.15) is 0 Å². The summed E-state index contributed by atoms with van der Waals surface area (Å²) in [5.74, 6) is 0. The molecular formula is C20H42BrN3O. The summed E-state index contributed by atoms with van der Waals surface area (Å²) in [5.41, 5.74) is 0. The number of nitrogens with zero attached hydrogens (tertiary/aromatic N) is 3. The zero-order valence-corrected chi connectivity index (χ0v) is 18.8. The van der Waals surface area contributed by atoms with E-state index >= 15 is 0 Å². The molecule has 0 aromatic rings. The molecule has 2 amide bonds. The molecule has 0 bridgehead atoms. The third kappa shape index (κ3) is 9.28. The van der Waals surface area contributed by atoms with Crippen molar-refractivity contribution in [1.29, 1.82) is 0 Å². The molecule has 1 saturated heterocycles. The zero-order valence-electron chi connectivity index (χ0n) is 17.2. The van der Waals surface area contributed by atoms with Gasteiger partial charge in [-0.3, -0.25) is 0 Å². The average Bonchev–Trinajstić information content (AvgIpc) is 2.59. The van der Waals surface area contributed by atoms with Gasteiger partial charge < -0.3 is 31.3 Å². The molecule has 0 aromatic carbocycles. The maximum absolute atomic E-state index is 12.4. The van der Waals surface area contributed by atoms with Crippen molar-refractivity contribution >= 4 is 6.03 Å². The number of carbonyl (C=O) groups is 1. The highest BCUT2D eigenvalue weighted by Crippen LogP contribution is 2.15. The normalized spacial score (nSPS) is 16.4. The largest absolute Gasteiger partial charge is 1.00 e. The first-order valence-electron chi connectivity index (χ1n) is 10.4. The van der Waals surface area contributed by atoms with Gasteiger partial charge in [-0.25, -0.2) is 4.79 Å². The first-order valence-corrected chi connectivity index (χ1v) is 10.4. The summed E-state index contributed by atoms with van der Waals surface area (Å²) in [6.45, 7) is 13.4. The molecule has 150 valence electrons. The van der Waals surface area contributed by atoms with E-state index in [-0.39, 0.29) is 23.0 Å². The number of piperazine rings is 1. The lowest BCUT2D eigenvalue weighted by Crippen LogP contribution is -3.00. The molecule has 0 aromatic heterocycles. The van der Waals surface area contributed by atoms with Gasteiger partial charge in [0.1, 0.15) is 0 Å². The van der Waals surface area contributed by atoms with Crippen LogP contribution in [0.3, 0.4) is 0 Å². The summed E-state index contributed by atoms with van der Waals surface area (Å²) >= 11 is 0. The molecule has 0 atom stereocenters. The van der Waals surface area contributed by atoms with E-state index in [4.69, 9.17) is 0 Å². The Morgan fingerprint density at radius 1 is 0.880 bits per heavy atom. The summed E-state index contributed by atoms with van der Waals surface area (Å²) in [6, 6.07) is 0.235. The van der Waals surface area contributed by atoms with Gasteiger partial charge in [-0.1, -0.05) is 45.4 Å². The van der Waals surface area contributed by atoms with Gasteiger partial charge in [0.2, 0.25) is 0 Å². The number of urea groups is 1. The molecule has 0 radical (unpaired) electrons. The number of halogens is 1. The van der Waals surface area contributed by atoms with Crippen LogP contribution in [0.5, 0.6) is 0 Å². The maximum atomic E-state index is 12.4. The van der Waals surface area contributed by atoms with Crippen LogP contribution >= 0.6 is 0 Å². The Kier molecular flexibility index (Phi) is 13.7. The van der Waals surface area contributed by atoms with Crippen molar-refractivity contribution in [3.63, 3.8) is 0 Å². The highest BCUT2D eigenvalue weighted by Gasteiger charge is 2.31. The summed E-state index contributed by atoms with van der Waals surface area (Å²) in [4.78, 5) is 16.4. The monoisotopic (exact) mass is 419 g/mol. The van der Waals surface area contributed by atoms with E-state index in [9.17, 15) is 4.79 Å². The number of unbranched alkanes of at least 4 members (excludes halogenated alkanes) is 7. The molecule has 4 nitrogen and oxygen atoms in total. The van der Waals surface area contributed by atoms with Crippen molar-refractivity contribution in [2.24, 2.45) is 0 Å². The molecule has 1 rings (SSSR count). The Labute approximate surface area is 167 Å². The smallest absolute Gasteiger partial charge is 0.320 e. The number of quaternary nitrogens is 1. The quantitative estimate of drug-likeness (QED) is 0.366. The van der Waals surface area contributed by atoms with Crippen molar-refractivity contribution in [2.45, 2.75) is 72.1 Å². The fourth-order valence-corrected chi connectivity index (χ4v) is 3.68. The van der Waals surface area contributed by atoms with Crippen molar-refractivity contribution in [1.82, 2.24) is 9.80 Å². The Bertz CT molecular complexity index is 340. The molecule has 5 heteroatoms. The van der Waals surface area contributed by atoms with E-state index < -0.39 is 0 Å². The fourth-order valence-electron chi connectivity index (χ4n) is 3.68. The van der Waals surface area contributed by atoms with Gasteiger partial charge in [0, 0.05) is 13.1 Å². The van der Waals surface area contributed by atoms with Crippen LogP contribution in [-0.4, -0.2) is 73.2 Å². The number of likely N-dealkylation sites (N-methyl/N-ethyl adjacent to an activating group) is 1. The molecule has 0 aliphatic carbocycles. The SMILES string of the molecule is CCCCCCCCCC[N+]1(C)CCN(C(=O)N(CC)CC)CC1.[Br-]. The topological polar surface area (TPSA) is 23.6 Å². The second-order valence-corrected chi connectivity index (χ2v) is 7.71. The molecule has 0 spiro atoms. The van der Waals surface area contributed by atoms with Gasteiger partial charge >= 0.3 is 6.03 Å². The lowest BCUT2D eigenvalue weighted by atomic mass is 10.1. The van der Waals surface area contributed by atoms with Crippen LogP contribution < -0.4 is 17.0 Å². The van der Waals surface area contributed by atoms with Crippen LogP contribution in [0.1, 0.15) is 72.1 Å². The molecule has 0 N–H and O–H groups in total. The van der Waals surface area contributed by atoms with E-state index in [1.165, 1.54) is 57.9 Å². The predicted molar refractivity (Wildman–Crippen MR) is 103 cm³/mol. The van der Waals surface area contributed by atoms with Crippen LogP contribution in [0.4, 0.5) is 4.79 Å². The van der Waals surface area contributed by atoms with Crippen molar-refractivity contribution in [3.8, 4) is 0 Å². The summed E-state index contributed by atoms with van der Waals surface area (Å²) < 4.78 is 1.15. The van der Waals surface area contributed by atoms with Gasteiger partial charge in [0.05, 0.1) is 39.8 Å². The molecule has 1 heterocycles. The molecule has 1 aliphatic rings. The second kappa shape index (κ2) is 13.9. The standard InChI is InChI=1S/C20H42N3O.BrH/c1-5-8-9-10-11-12-13-14-17-23(4)18-15-22(16-19-23)20(24)21(6-2)7-3;/h5-19H2,1-4H3;1H/q+1;/p-1. The Morgan fingerprint density at radius 3 is 1.84 bits per heavy atom. The van der Waals surface area contributed by atoms with Crippen molar-refractivity contribution in [2.75, 3.05) is 52.9 Å². The van der Waals surface area contributed by atoms with Crippen LogP contribution in [-0.2, 0) is 0 Å². The Morgan fingerprint density at radius 2 is 1.36 bits per heavy atom. The third-order valence-corrected chi connectivity index (χ3v) is 5.68. The van der Waals surface area contributed by atoms with E-state index in [1.807, 2.05) is 4.90 Å². The van der Waals surface area contributed by atoms with E-state index in [0.717, 1.165) is 43.8 Å². The molecular weight excluding hydrogens is 378 g/mol. The molecule has 1 fully saturated rings. The van der Waals surface area contributed by atoms with Crippen LogP contribution in [0, 0.1) is 0 Å². The second-order valence-electron chi connectivity index (χ2n) is 7.71. The number of hydrogen-bond acceptors (Lipinski definition) is 1. The van der Waals surface area contributed by atoms with E-state index in [1.54, 1.807) is 0 Å². The third-order valence-electron chi connectivity index (χ3n) is 5.68. The van der Waals surface area contributed by atoms with Crippen LogP contribution in [0.15, 0.2) is 0 Å². The van der Waals surface area contributed by atoms with Crippen molar-refractivity contribution < 1.29 is 26.3 Å². The molecule has 25 heavy (non-hydrogen) atoms. The summed E-state index contributed by atoms with van der Waals surface area (Å²) in [6.07, 6.45) is 11.1. The lowest BCUT2D eigenvalue weighted by Gasteiger charge is -2.43. The minimum Gasteiger partial charge on any atom is -1.00 e. The van der Waals surface area contributed by atoms with Gasteiger partial charge in [-0.15, -0.1) is 0 Å². The van der Waals surface area contributed by atoms with E-state index in [2.05, 4.69) is 32.7 Å². The number of carbonyl (C=O) groups excluding carboxylic acids is 1. The zero-order chi connectivity index (χ0) is 17.8. The molecule has 0 unspecified atom stereocenters. The highest BCUT2D eigenvalue weighted by molar-refractivity contribution is 5.74. The number of hydrogen-bond donors (Lipinski definition) is 0. The van der Waals surface area contributed by atoms with Gasteiger partial charge in [-0.05, 0) is 26.7 Å². The Balaban J connectivity index is 0.00000576. The lowest BCUT2D eigenvalue weighted by molar-refractivity contribution is -0.913. The first kappa shape index (κ1) is 24.7. The van der Waals surface area contributed by atoms with Gasteiger partial charge in [0.15, 0.2) is 0 Å². The average molecular weight is 420 g/mol. The van der Waals surface area contributed by atoms with E-state index in [0.29, 0.717) is 0 Å². The molecule has 0 saturated carbocycles. The molecule has 1 aliphatic heterocycles. The highest BCUT2D eigenvalue weighted by atomic mass is 79.9. The van der Waals surface area contributed by atoms with Crippen molar-refractivity contribution in [3.05, 3.63) is 0 Å². The van der Waals surface area contributed by atoms with Crippen LogP contribution in [0.25, 0.3) is 0 Å². The summed E-state index contributed by atoms with van der Waals surface area (Å²) in [5, 5.41) is 0. The number of amides is 2.